The largest absolute Gasteiger partial charge is 0.383 e. The first-order valence-electron chi connectivity index (χ1n) is 7.50. The lowest BCUT2D eigenvalue weighted by molar-refractivity contribution is -0.110. The molecule has 1 N–H and O–H groups in total. The van der Waals surface area contributed by atoms with E-state index in [1.54, 1.807) is 13.2 Å². The van der Waals surface area contributed by atoms with Crippen LogP contribution in [-0.4, -0.2) is 24.2 Å². The number of nitrogens with one attached hydrogen (secondary N) is 1. The highest BCUT2D eigenvalue weighted by molar-refractivity contribution is 6.36. The summed E-state index contributed by atoms with van der Waals surface area (Å²) in [7, 11) is 1.70. The van der Waals surface area contributed by atoms with Gasteiger partial charge in [-0.25, -0.2) is 0 Å². The van der Waals surface area contributed by atoms with Crippen molar-refractivity contribution in [1.82, 2.24) is 4.57 Å². The Morgan fingerprint density at radius 2 is 2.09 bits per heavy atom. The van der Waals surface area contributed by atoms with Gasteiger partial charge in [-0.3, -0.25) is 4.79 Å². The molecule has 0 atom stereocenters. The van der Waals surface area contributed by atoms with Crippen LogP contribution in [0.3, 0.4) is 0 Å². The van der Waals surface area contributed by atoms with Crippen molar-refractivity contribution >= 4 is 34.8 Å². The van der Waals surface area contributed by atoms with Gasteiger partial charge in [-0.2, -0.15) is 0 Å². The van der Waals surface area contributed by atoms with Gasteiger partial charge < -0.3 is 14.6 Å². The number of nitrogens with zero attached hydrogens (tertiary/aromatic N) is 1. The molecule has 120 valence electrons. The monoisotopic (exact) mass is 330 g/mol. The molecule has 0 radical (unpaired) electrons. The van der Waals surface area contributed by atoms with Gasteiger partial charge in [-0.15, -0.1) is 0 Å². The van der Waals surface area contributed by atoms with Crippen LogP contribution in [0.25, 0.3) is 11.6 Å². The molecule has 1 aromatic heterocycles. The van der Waals surface area contributed by atoms with E-state index >= 15 is 0 Å². The Bertz CT molecular complexity index is 806. The van der Waals surface area contributed by atoms with Gasteiger partial charge in [-0.1, -0.05) is 11.6 Å². The molecule has 2 aromatic rings. The summed E-state index contributed by atoms with van der Waals surface area (Å²) in [5.41, 5.74) is 5.61. The number of benzene rings is 1. The fourth-order valence-corrected chi connectivity index (χ4v) is 3.13. The van der Waals surface area contributed by atoms with Crippen molar-refractivity contribution in [3.63, 3.8) is 0 Å². The maximum atomic E-state index is 12.3. The van der Waals surface area contributed by atoms with E-state index in [2.05, 4.69) is 29.8 Å². The van der Waals surface area contributed by atoms with Gasteiger partial charge in [-0.05, 0) is 49.8 Å². The van der Waals surface area contributed by atoms with Gasteiger partial charge in [0.05, 0.1) is 6.61 Å². The second-order valence-corrected chi connectivity index (χ2v) is 6.11. The summed E-state index contributed by atoms with van der Waals surface area (Å²) < 4.78 is 7.36. The third-order valence-corrected chi connectivity index (χ3v) is 4.43. The number of carbonyl (C=O) groups excluding carboxylic acids is 1. The highest BCUT2D eigenvalue weighted by Gasteiger charge is 2.24. The number of ether oxygens (including phenoxy) is 1. The molecule has 4 nitrogen and oxygen atoms in total. The van der Waals surface area contributed by atoms with Gasteiger partial charge in [0, 0.05) is 46.9 Å². The lowest BCUT2D eigenvalue weighted by Gasteiger charge is -2.08. The molecule has 0 saturated heterocycles. The minimum absolute atomic E-state index is 0.0936. The number of fused-ring (bicyclic) bond motifs is 1. The van der Waals surface area contributed by atoms with E-state index in [0.717, 1.165) is 34.7 Å². The van der Waals surface area contributed by atoms with Crippen LogP contribution in [0, 0.1) is 13.8 Å². The van der Waals surface area contributed by atoms with Gasteiger partial charge in [0.15, 0.2) is 0 Å². The predicted molar refractivity (Wildman–Crippen MR) is 93.7 cm³/mol. The third-order valence-electron chi connectivity index (χ3n) is 4.20. The molecule has 0 saturated carbocycles. The number of carbonyl (C=O) groups is 1. The number of halogens is 1. The van der Waals surface area contributed by atoms with Crippen molar-refractivity contribution in [3.05, 3.63) is 51.8 Å². The molecule has 1 aromatic carbocycles. The first kappa shape index (κ1) is 15.8. The van der Waals surface area contributed by atoms with E-state index in [1.807, 2.05) is 18.2 Å². The zero-order valence-corrected chi connectivity index (χ0v) is 14.2. The van der Waals surface area contributed by atoms with E-state index in [1.165, 1.54) is 0 Å². The number of methoxy groups -OCH3 is 1. The van der Waals surface area contributed by atoms with Gasteiger partial charge in [0.2, 0.25) is 0 Å². The third kappa shape index (κ3) is 2.92. The summed E-state index contributed by atoms with van der Waals surface area (Å²) >= 11 is 6.07. The number of hydrogen-bond acceptors (Lipinski definition) is 2. The molecule has 23 heavy (non-hydrogen) atoms. The smallest absolute Gasteiger partial charge is 0.256 e. The van der Waals surface area contributed by atoms with Crippen molar-refractivity contribution in [2.75, 3.05) is 19.0 Å². The molecule has 1 aliphatic rings. The van der Waals surface area contributed by atoms with Crippen LogP contribution >= 0.6 is 11.6 Å². The van der Waals surface area contributed by atoms with Gasteiger partial charge >= 0.3 is 0 Å². The Hall–Kier alpha value is -2.04. The predicted octanol–water partition coefficient (Wildman–Crippen LogP) is 3.90. The van der Waals surface area contributed by atoms with Crippen LogP contribution in [0.2, 0.25) is 5.02 Å². The summed E-state index contributed by atoms with van der Waals surface area (Å²) in [6.45, 7) is 5.57. The van der Waals surface area contributed by atoms with Crippen molar-refractivity contribution in [2.45, 2.75) is 20.4 Å². The van der Waals surface area contributed by atoms with E-state index < -0.39 is 0 Å². The average molecular weight is 331 g/mol. The standard InChI is InChI=1S/C18H19ClN2O2/c1-11-8-13(12(2)21(11)6-7-23-3)9-16-15-10-14(19)4-5-17(15)20-18(16)22/h4-5,8-10H,6-7H2,1-3H3,(H,20,22). The van der Waals surface area contributed by atoms with Crippen LogP contribution in [0.4, 0.5) is 5.69 Å². The summed E-state index contributed by atoms with van der Waals surface area (Å²) in [6.07, 6.45) is 1.93. The van der Waals surface area contributed by atoms with Gasteiger partial charge in [0.1, 0.15) is 0 Å². The number of hydrogen-bond donors (Lipinski definition) is 1. The number of aromatic nitrogens is 1. The molecule has 5 heteroatoms. The second kappa shape index (κ2) is 6.22. The second-order valence-electron chi connectivity index (χ2n) is 5.67. The topological polar surface area (TPSA) is 43.3 Å². The maximum Gasteiger partial charge on any atom is 0.256 e. The van der Waals surface area contributed by atoms with Crippen LogP contribution in [0.5, 0.6) is 0 Å². The number of anilines is 1. The number of rotatable bonds is 4. The summed E-state index contributed by atoms with van der Waals surface area (Å²) in [5.74, 6) is -0.0936. The summed E-state index contributed by atoms with van der Waals surface area (Å²) in [5, 5.41) is 3.50. The molecule has 1 aliphatic heterocycles. The Labute approximate surface area is 140 Å². The quantitative estimate of drug-likeness (QED) is 0.864. The Morgan fingerprint density at radius 3 is 2.83 bits per heavy atom. The van der Waals surface area contributed by atoms with Crippen molar-refractivity contribution in [2.24, 2.45) is 0 Å². The Balaban J connectivity index is 2.03. The van der Waals surface area contributed by atoms with E-state index in [9.17, 15) is 4.79 Å². The fraction of sp³-hybridized carbons (Fsp3) is 0.278. The normalized spacial score (nSPS) is 15.1. The number of amides is 1. The van der Waals surface area contributed by atoms with Crippen molar-refractivity contribution < 1.29 is 9.53 Å². The Kier molecular flexibility index (Phi) is 4.28. The zero-order chi connectivity index (χ0) is 16.6. The molecule has 0 aliphatic carbocycles. The SMILES string of the molecule is COCCn1c(C)cc(C=C2C(=O)Nc3ccc(Cl)cc32)c1C. The highest BCUT2D eigenvalue weighted by Crippen LogP contribution is 2.35. The van der Waals surface area contributed by atoms with Crippen LogP contribution in [-0.2, 0) is 16.1 Å². The molecular formula is C18H19ClN2O2. The molecule has 0 bridgehead atoms. The zero-order valence-electron chi connectivity index (χ0n) is 13.4. The van der Waals surface area contributed by atoms with Crippen molar-refractivity contribution in [3.8, 4) is 0 Å². The maximum absolute atomic E-state index is 12.3. The van der Waals surface area contributed by atoms with Crippen LogP contribution in [0.1, 0.15) is 22.5 Å². The van der Waals surface area contributed by atoms with Crippen LogP contribution < -0.4 is 5.32 Å². The van der Waals surface area contributed by atoms with E-state index in [0.29, 0.717) is 17.2 Å². The molecule has 0 spiro atoms. The molecule has 3 rings (SSSR count). The Morgan fingerprint density at radius 1 is 1.30 bits per heavy atom. The highest BCUT2D eigenvalue weighted by atomic mass is 35.5. The van der Waals surface area contributed by atoms with Gasteiger partial charge in [0.25, 0.3) is 5.91 Å². The molecule has 1 amide bonds. The molecular weight excluding hydrogens is 312 g/mol. The lowest BCUT2D eigenvalue weighted by atomic mass is 10.0. The minimum atomic E-state index is -0.0936. The van der Waals surface area contributed by atoms with E-state index in [4.69, 9.17) is 16.3 Å². The van der Waals surface area contributed by atoms with E-state index in [-0.39, 0.29) is 5.91 Å². The molecule has 0 fully saturated rings. The average Bonchev–Trinajstić information content (AvgIpc) is 2.96. The van der Waals surface area contributed by atoms with Crippen molar-refractivity contribution in [1.29, 1.82) is 0 Å². The first-order chi connectivity index (χ1) is 11.0. The molecule has 2 heterocycles. The first-order valence-corrected chi connectivity index (χ1v) is 7.87. The minimum Gasteiger partial charge on any atom is -0.383 e. The van der Waals surface area contributed by atoms with Crippen LogP contribution in [0.15, 0.2) is 24.3 Å². The fourth-order valence-electron chi connectivity index (χ4n) is 2.96. The summed E-state index contributed by atoms with van der Waals surface area (Å²) in [4.78, 5) is 12.3. The lowest BCUT2D eigenvalue weighted by Crippen LogP contribution is -2.07. The number of aryl methyl sites for hydroxylation is 1. The molecule has 0 unspecified atom stereocenters. The summed E-state index contributed by atoms with van der Waals surface area (Å²) in [6, 6.07) is 7.52.